The van der Waals surface area contributed by atoms with E-state index in [9.17, 15) is 9.42 Å². The second-order valence-corrected chi connectivity index (χ2v) is 11.0. The predicted octanol–water partition coefficient (Wildman–Crippen LogP) is 4.12. The zero-order valence-electron chi connectivity index (χ0n) is 18.3. The fourth-order valence-electron chi connectivity index (χ4n) is 4.66. The Morgan fingerprint density at radius 3 is 2.67 bits per heavy atom. The third-order valence-electron chi connectivity index (χ3n) is 6.18. The molecule has 0 bridgehead atoms. The van der Waals surface area contributed by atoms with Gasteiger partial charge in [0.1, 0.15) is 4.90 Å². The SMILES string of the molecule is Cc1[nH][n+](O)cc1S(=O)c1ccc2c(c1)N=C(C(C)(C)C)C(CC1CCOCC1)C2. The average molecular weight is 431 g/mol. The van der Waals surface area contributed by atoms with Gasteiger partial charge in [0.05, 0.1) is 27.0 Å². The van der Waals surface area contributed by atoms with Gasteiger partial charge >= 0.3 is 0 Å². The van der Waals surface area contributed by atoms with Crippen LogP contribution < -0.4 is 4.85 Å². The maximum atomic E-state index is 13.1. The van der Waals surface area contributed by atoms with Gasteiger partial charge in [0.15, 0.2) is 0 Å². The van der Waals surface area contributed by atoms with Crippen molar-refractivity contribution in [2.24, 2.45) is 22.2 Å². The van der Waals surface area contributed by atoms with E-state index in [1.165, 1.54) is 17.5 Å². The van der Waals surface area contributed by atoms with Crippen molar-refractivity contribution in [3.8, 4) is 0 Å². The Morgan fingerprint density at radius 1 is 1.30 bits per heavy atom. The molecule has 6 nitrogen and oxygen atoms in total. The van der Waals surface area contributed by atoms with Crippen molar-refractivity contribution in [1.82, 2.24) is 5.10 Å². The van der Waals surface area contributed by atoms with Crippen LogP contribution in [0.3, 0.4) is 0 Å². The van der Waals surface area contributed by atoms with E-state index in [1.807, 2.05) is 12.1 Å². The number of aromatic amines is 1. The number of rotatable bonds is 4. The molecule has 0 saturated carbocycles. The van der Waals surface area contributed by atoms with Gasteiger partial charge < -0.3 is 4.74 Å². The number of H-pyrrole nitrogens is 1. The van der Waals surface area contributed by atoms with Crippen LogP contribution >= 0.6 is 0 Å². The van der Waals surface area contributed by atoms with Gasteiger partial charge in [-0.3, -0.25) is 10.2 Å². The van der Waals surface area contributed by atoms with Gasteiger partial charge in [-0.2, -0.15) is 0 Å². The van der Waals surface area contributed by atoms with Crippen LogP contribution in [0.15, 0.2) is 39.2 Å². The largest absolute Gasteiger partial charge is 0.381 e. The number of fused-ring (bicyclic) bond motifs is 1. The third kappa shape index (κ3) is 4.37. The monoisotopic (exact) mass is 430 g/mol. The molecule has 2 atom stereocenters. The Bertz CT molecular complexity index is 984. The number of aromatic nitrogens is 2. The van der Waals surface area contributed by atoms with Crippen molar-refractivity contribution in [2.75, 3.05) is 13.2 Å². The summed E-state index contributed by atoms with van der Waals surface area (Å²) in [5, 5.41) is 12.3. The first-order valence-electron chi connectivity index (χ1n) is 10.7. The maximum Gasteiger partial charge on any atom is 0.270 e. The molecule has 2 N–H and O–H groups in total. The maximum absolute atomic E-state index is 13.1. The van der Waals surface area contributed by atoms with Crippen molar-refractivity contribution >= 4 is 22.2 Å². The number of ether oxygens (including phenoxy) is 1. The minimum atomic E-state index is -1.38. The zero-order chi connectivity index (χ0) is 21.5. The lowest BCUT2D eigenvalue weighted by atomic mass is 9.73. The molecule has 0 spiro atoms. The summed E-state index contributed by atoms with van der Waals surface area (Å²) in [7, 11) is -1.38. The van der Waals surface area contributed by atoms with E-state index < -0.39 is 10.8 Å². The summed E-state index contributed by atoms with van der Waals surface area (Å²) in [5.74, 6) is 1.14. The van der Waals surface area contributed by atoms with Gasteiger partial charge in [-0.25, -0.2) is 4.21 Å². The molecule has 2 aliphatic rings. The van der Waals surface area contributed by atoms with Crippen molar-refractivity contribution in [2.45, 2.75) is 63.2 Å². The number of nitrogens with zero attached hydrogens (tertiary/aromatic N) is 2. The molecule has 0 aliphatic carbocycles. The number of hydrogen-bond donors (Lipinski definition) is 2. The van der Waals surface area contributed by atoms with Crippen LogP contribution in [0.5, 0.6) is 0 Å². The first kappa shape index (κ1) is 21.2. The summed E-state index contributed by atoms with van der Waals surface area (Å²) in [6.07, 6.45) is 5.87. The summed E-state index contributed by atoms with van der Waals surface area (Å²) in [6.45, 7) is 10.3. The molecule has 4 rings (SSSR count). The van der Waals surface area contributed by atoms with Gasteiger partial charge in [-0.1, -0.05) is 26.8 Å². The van der Waals surface area contributed by atoms with Crippen molar-refractivity contribution in [1.29, 1.82) is 0 Å². The number of nitrogens with one attached hydrogen (secondary N) is 1. The van der Waals surface area contributed by atoms with Crippen LogP contribution in [-0.2, 0) is 22.0 Å². The summed E-state index contributed by atoms with van der Waals surface area (Å²) in [4.78, 5) is 7.24. The van der Waals surface area contributed by atoms with Crippen LogP contribution in [-0.4, -0.2) is 33.4 Å². The fourth-order valence-corrected chi connectivity index (χ4v) is 5.84. The molecule has 1 saturated heterocycles. The fraction of sp³-hybridized carbons (Fsp3) is 0.565. The lowest BCUT2D eigenvalue weighted by Crippen LogP contribution is -2.34. The van der Waals surface area contributed by atoms with Gasteiger partial charge in [0.25, 0.3) is 6.20 Å². The Kier molecular flexibility index (Phi) is 5.86. The Labute approximate surface area is 180 Å². The van der Waals surface area contributed by atoms with E-state index >= 15 is 0 Å². The molecule has 1 aromatic heterocycles. The smallest absolute Gasteiger partial charge is 0.270 e. The van der Waals surface area contributed by atoms with Gasteiger partial charge in [-0.15, -0.1) is 5.10 Å². The second kappa shape index (κ2) is 8.27. The third-order valence-corrected chi connectivity index (χ3v) is 7.68. The normalized spacial score (nSPS) is 21.2. The van der Waals surface area contributed by atoms with Crippen LogP contribution in [0.4, 0.5) is 5.69 Å². The Hall–Kier alpha value is -1.99. The molecule has 0 amide bonds. The van der Waals surface area contributed by atoms with Gasteiger partial charge in [0, 0.05) is 35.2 Å². The molecule has 3 heterocycles. The molecule has 0 radical (unpaired) electrons. The van der Waals surface area contributed by atoms with Crippen LogP contribution in [0.2, 0.25) is 0 Å². The average Bonchev–Trinajstić information content (AvgIpc) is 3.04. The van der Waals surface area contributed by atoms with E-state index in [1.54, 1.807) is 6.92 Å². The summed E-state index contributed by atoms with van der Waals surface area (Å²) in [5.41, 5.74) is 4.07. The summed E-state index contributed by atoms with van der Waals surface area (Å²) in [6, 6.07) is 5.97. The van der Waals surface area contributed by atoms with E-state index in [-0.39, 0.29) is 5.41 Å². The Morgan fingerprint density at radius 2 is 2.03 bits per heavy atom. The van der Waals surface area contributed by atoms with E-state index in [4.69, 9.17) is 9.73 Å². The van der Waals surface area contributed by atoms with Crippen molar-refractivity contribution in [3.63, 3.8) is 0 Å². The van der Waals surface area contributed by atoms with Crippen molar-refractivity contribution < 1.29 is 19.0 Å². The molecule has 2 unspecified atom stereocenters. The van der Waals surface area contributed by atoms with E-state index in [0.29, 0.717) is 27.3 Å². The molecule has 162 valence electrons. The summed E-state index contributed by atoms with van der Waals surface area (Å²) < 4.78 is 18.6. The van der Waals surface area contributed by atoms with Crippen LogP contribution in [0.1, 0.15) is 51.3 Å². The Balaban J connectivity index is 1.64. The molecule has 1 aromatic carbocycles. The number of hydrogen-bond acceptors (Lipinski definition) is 4. The van der Waals surface area contributed by atoms with Crippen molar-refractivity contribution in [3.05, 3.63) is 35.7 Å². The van der Waals surface area contributed by atoms with E-state index in [0.717, 1.165) is 49.4 Å². The molecule has 1 fully saturated rings. The topological polar surface area (TPSA) is 78.6 Å². The highest BCUT2D eigenvalue weighted by molar-refractivity contribution is 7.85. The standard InChI is InChI=1S/C23H31N3O3S/c1-15-21(14-26(27)25-15)30(28)19-6-5-17-12-18(11-16-7-9-29-10-8-16)22(23(2,3)4)24-20(17)13-19/h5-6,13-14,16,18,27H,7-12H2,1-4H3/p+1. The molecular weight excluding hydrogens is 398 g/mol. The minimum absolute atomic E-state index is 0.0116. The first-order chi connectivity index (χ1) is 14.2. The lowest BCUT2D eigenvalue weighted by Gasteiger charge is -2.35. The van der Waals surface area contributed by atoms with Gasteiger partial charge in [0.2, 0.25) is 0 Å². The zero-order valence-corrected chi connectivity index (χ0v) is 19.1. The number of aliphatic imine (C=N–C) groups is 1. The number of benzene rings is 1. The highest BCUT2D eigenvalue weighted by atomic mass is 32.2. The molecule has 2 aromatic rings. The summed E-state index contributed by atoms with van der Waals surface area (Å²) >= 11 is 0. The minimum Gasteiger partial charge on any atom is -0.381 e. The quantitative estimate of drug-likeness (QED) is 0.566. The first-order valence-corrected chi connectivity index (χ1v) is 11.9. The highest BCUT2D eigenvalue weighted by Gasteiger charge is 2.33. The van der Waals surface area contributed by atoms with Crippen LogP contribution in [0, 0.1) is 24.2 Å². The molecule has 30 heavy (non-hydrogen) atoms. The lowest BCUT2D eigenvalue weighted by molar-refractivity contribution is -0.946. The van der Waals surface area contributed by atoms with Gasteiger partial charge in [-0.05, 0) is 56.2 Å². The molecule has 2 aliphatic heterocycles. The molecule has 7 heteroatoms. The highest BCUT2D eigenvalue weighted by Crippen LogP contribution is 2.40. The molecular formula is C23H32N3O3S+. The number of aryl methyl sites for hydroxylation is 1. The van der Waals surface area contributed by atoms with E-state index in [2.05, 4.69) is 31.9 Å². The second-order valence-electron chi connectivity index (χ2n) is 9.57. The predicted molar refractivity (Wildman–Crippen MR) is 116 cm³/mol. The van der Waals surface area contributed by atoms with Crippen LogP contribution in [0.25, 0.3) is 0 Å².